The van der Waals surface area contributed by atoms with Gasteiger partial charge in [-0.3, -0.25) is 10.1 Å². The van der Waals surface area contributed by atoms with E-state index in [0.717, 1.165) is 16.3 Å². The van der Waals surface area contributed by atoms with Crippen molar-refractivity contribution in [3.8, 4) is 22.7 Å². The monoisotopic (exact) mass is 375 g/mol. The average molecular weight is 375 g/mol. The Balaban J connectivity index is 1.78. The van der Waals surface area contributed by atoms with Crippen LogP contribution in [0.15, 0.2) is 65.9 Å². The minimum Gasteiger partial charge on any atom is -0.496 e. The van der Waals surface area contributed by atoms with Crippen molar-refractivity contribution in [3.05, 3.63) is 66.4 Å². The summed E-state index contributed by atoms with van der Waals surface area (Å²) in [5, 5.41) is 12.1. The normalized spacial score (nSPS) is 14.0. The van der Waals surface area contributed by atoms with Crippen LogP contribution in [-0.2, 0) is 4.79 Å². The van der Waals surface area contributed by atoms with Gasteiger partial charge in [0.15, 0.2) is 0 Å². The number of rotatable bonds is 5. The lowest BCUT2D eigenvalue weighted by molar-refractivity contribution is -0.118. The van der Waals surface area contributed by atoms with Crippen LogP contribution in [-0.4, -0.2) is 46.6 Å². The third-order valence-electron chi connectivity index (χ3n) is 4.24. The van der Waals surface area contributed by atoms with Crippen LogP contribution in [0.2, 0.25) is 0 Å². The smallest absolute Gasteiger partial charge is 0.344 e. The van der Waals surface area contributed by atoms with Crippen molar-refractivity contribution in [2.24, 2.45) is 5.10 Å². The predicted octanol–water partition coefficient (Wildman–Crippen LogP) is 2.43. The first-order valence-electron chi connectivity index (χ1n) is 8.59. The molecule has 0 unspecified atom stereocenters. The molecule has 0 saturated carbocycles. The zero-order chi connectivity index (χ0) is 19.5. The Hall–Kier alpha value is -3.94. The van der Waals surface area contributed by atoms with Crippen LogP contribution in [0.5, 0.6) is 5.75 Å². The molecule has 1 aromatic heterocycles. The molecule has 0 bridgehead atoms. The van der Waals surface area contributed by atoms with Crippen LogP contribution in [0.4, 0.5) is 4.79 Å². The molecule has 1 saturated heterocycles. The molecule has 2 heterocycles. The van der Waals surface area contributed by atoms with Gasteiger partial charge in [0.05, 0.1) is 19.0 Å². The van der Waals surface area contributed by atoms with Gasteiger partial charge < -0.3 is 4.74 Å². The maximum atomic E-state index is 11.7. The highest BCUT2D eigenvalue weighted by Crippen LogP contribution is 2.31. The average Bonchev–Trinajstić information content (AvgIpc) is 3.29. The summed E-state index contributed by atoms with van der Waals surface area (Å²) in [6.07, 6.45) is 3.34. The minimum absolute atomic E-state index is 0.105. The summed E-state index contributed by atoms with van der Waals surface area (Å²) in [6.45, 7) is -0.105. The van der Waals surface area contributed by atoms with Gasteiger partial charge in [0, 0.05) is 17.3 Å². The Morgan fingerprint density at radius 2 is 1.86 bits per heavy atom. The van der Waals surface area contributed by atoms with Crippen molar-refractivity contribution in [1.29, 1.82) is 0 Å². The standard InChI is InChI=1S/C20H17N5O3/c1-28-17-10-6-5-9-16(17)19-14(11-21-25-13-18(26)22-20(25)27)12-24(23-19)15-7-3-2-4-8-15/h2-12H,13H2,1H3,(H,22,26,27)/b21-11-. The maximum absolute atomic E-state index is 11.7. The molecule has 1 N–H and O–H groups in total. The number of aromatic nitrogens is 2. The zero-order valence-electron chi connectivity index (χ0n) is 15.1. The molecule has 2 aromatic carbocycles. The number of hydrogen-bond donors (Lipinski definition) is 1. The van der Waals surface area contributed by atoms with Crippen LogP contribution < -0.4 is 10.1 Å². The third kappa shape index (κ3) is 3.35. The number of imide groups is 1. The number of hydrazone groups is 1. The molecule has 28 heavy (non-hydrogen) atoms. The number of methoxy groups -OCH3 is 1. The molecule has 3 amide bonds. The Kier molecular flexibility index (Phi) is 4.59. The second-order valence-electron chi connectivity index (χ2n) is 6.07. The topological polar surface area (TPSA) is 88.8 Å². The molecular formula is C20H17N5O3. The van der Waals surface area contributed by atoms with Crippen LogP contribution in [0.1, 0.15) is 5.56 Å². The summed E-state index contributed by atoms with van der Waals surface area (Å²) in [7, 11) is 1.60. The first kappa shape index (κ1) is 17.5. The van der Waals surface area contributed by atoms with Gasteiger partial charge in [-0.25, -0.2) is 14.5 Å². The molecule has 3 aromatic rings. The molecule has 4 rings (SSSR count). The van der Waals surface area contributed by atoms with E-state index in [2.05, 4.69) is 10.4 Å². The van der Waals surface area contributed by atoms with E-state index >= 15 is 0 Å². The molecule has 1 aliphatic rings. The van der Waals surface area contributed by atoms with Crippen LogP contribution >= 0.6 is 0 Å². The number of benzene rings is 2. The Morgan fingerprint density at radius 1 is 1.11 bits per heavy atom. The van der Waals surface area contributed by atoms with Crippen molar-refractivity contribution >= 4 is 18.2 Å². The van der Waals surface area contributed by atoms with Crippen LogP contribution in [0, 0.1) is 0 Å². The largest absolute Gasteiger partial charge is 0.496 e. The number of nitrogens with zero attached hydrogens (tertiary/aromatic N) is 4. The Morgan fingerprint density at radius 3 is 2.57 bits per heavy atom. The summed E-state index contributed by atoms with van der Waals surface area (Å²) in [4.78, 5) is 23.1. The van der Waals surface area contributed by atoms with Gasteiger partial charge in [-0.2, -0.15) is 10.2 Å². The van der Waals surface area contributed by atoms with Gasteiger partial charge in [-0.15, -0.1) is 0 Å². The predicted molar refractivity (Wildman–Crippen MR) is 103 cm³/mol. The van der Waals surface area contributed by atoms with Gasteiger partial charge in [-0.05, 0) is 24.3 Å². The van der Waals surface area contributed by atoms with E-state index in [1.54, 1.807) is 11.8 Å². The molecule has 0 aliphatic carbocycles. The van der Waals surface area contributed by atoms with E-state index in [-0.39, 0.29) is 12.5 Å². The summed E-state index contributed by atoms with van der Waals surface area (Å²) < 4.78 is 7.20. The first-order chi connectivity index (χ1) is 13.7. The van der Waals surface area contributed by atoms with E-state index in [1.165, 1.54) is 6.21 Å². The van der Waals surface area contributed by atoms with Crippen molar-refractivity contribution in [3.63, 3.8) is 0 Å². The van der Waals surface area contributed by atoms with Crippen molar-refractivity contribution in [1.82, 2.24) is 20.1 Å². The lowest BCUT2D eigenvalue weighted by Crippen LogP contribution is -2.24. The summed E-state index contributed by atoms with van der Waals surface area (Å²) in [5.74, 6) is 0.289. The van der Waals surface area contributed by atoms with Gasteiger partial charge in [0.2, 0.25) is 5.91 Å². The molecule has 0 atom stereocenters. The number of para-hydroxylation sites is 2. The minimum atomic E-state index is -0.546. The number of ether oxygens (including phenoxy) is 1. The third-order valence-corrected chi connectivity index (χ3v) is 4.24. The van der Waals surface area contributed by atoms with Crippen molar-refractivity contribution in [2.45, 2.75) is 0 Å². The van der Waals surface area contributed by atoms with E-state index in [1.807, 2.05) is 60.8 Å². The quantitative estimate of drug-likeness (QED) is 0.548. The Labute approximate surface area is 161 Å². The van der Waals surface area contributed by atoms with Gasteiger partial charge >= 0.3 is 6.03 Å². The molecule has 1 aliphatic heterocycles. The molecule has 0 spiro atoms. The summed E-state index contributed by atoms with van der Waals surface area (Å²) >= 11 is 0. The van der Waals surface area contributed by atoms with Crippen molar-refractivity contribution in [2.75, 3.05) is 13.7 Å². The summed E-state index contributed by atoms with van der Waals surface area (Å²) in [6, 6.07) is 16.6. The number of hydrogen-bond acceptors (Lipinski definition) is 5. The van der Waals surface area contributed by atoms with Gasteiger partial charge in [0.1, 0.15) is 18.0 Å². The fourth-order valence-corrected chi connectivity index (χ4v) is 2.90. The second-order valence-corrected chi connectivity index (χ2v) is 6.07. The highest BCUT2D eigenvalue weighted by molar-refractivity contribution is 6.02. The lowest BCUT2D eigenvalue weighted by Gasteiger charge is -2.07. The molecule has 1 fully saturated rings. The summed E-state index contributed by atoms with van der Waals surface area (Å²) in [5.41, 5.74) is 3.01. The fraction of sp³-hybridized carbons (Fsp3) is 0.100. The fourth-order valence-electron chi connectivity index (χ4n) is 2.90. The van der Waals surface area contributed by atoms with E-state index in [0.29, 0.717) is 17.0 Å². The number of carbonyl (C=O) groups is 2. The molecule has 140 valence electrons. The molecule has 8 nitrogen and oxygen atoms in total. The lowest BCUT2D eigenvalue weighted by atomic mass is 10.1. The number of urea groups is 1. The molecule has 8 heteroatoms. The molecular weight excluding hydrogens is 358 g/mol. The van der Waals surface area contributed by atoms with Crippen LogP contribution in [0.25, 0.3) is 16.9 Å². The van der Waals surface area contributed by atoms with Gasteiger partial charge in [-0.1, -0.05) is 30.3 Å². The highest BCUT2D eigenvalue weighted by Gasteiger charge is 2.26. The SMILES string of the molecule is COc1ccccc1-c1nn(-c2ccccc2)cc1/C=N\N1CC(=O)NC1=O. The maximum Gasteiger partial charge on any atom is 0.344 e. The van der Waals surface area contributed by atoms with E-state index in [4.69, 9.17) is 9.84 Å². The number of carbonyl (C=O) groups excluding carboxylic acids is 2. The van der Waals surface area contributed by atoms with E-state index < -0.39 is 6.03 Å². The Bertz CT molecular complexity index is 1060. The van der Waals surface area contributed by atoms with E-state index in [9.17, 15) is 9.59 Å². The van der Waals surface area contributed by atoms with Crippen molar-refractivity contribution < 1.29 is 14.3 Å². The number of amides is 3. The second kappa shape index (κ2) is 7.36. The van der Waals surface area contributed by atoms with Crippen LogP contribution in [0.3, 0.4) is 0 Å². The first-order valence-corrected chi connectivity index (χ1v) is 8.59. The molecule has 0 radical (unpaired) electrons. The van der Waals surface area contributed by atoms with Gasteiger partial charge in [0.25, 0.3) is 0 Å². The number of nitrogens with one attached hydrogen (secondary N) is 1. The zero-order valence-corrected chi connectivity index (χ0v) is 15.1. The highest BCUT2D eigenvalue weighted by atomic mass is 16.5.